The smallest absolute Gasteiger partial charge is 0.271 e. The summed E-state index contributed by atoms with van der Waals surface area (Å²) in [6.45, 7) is 0. The fraction of sp³-hybridized carbons (Fsp3) is 0.125. The fourth-order valence-electron chi connectivity index (χ4n) is 1.80. The summed E-state index contributed by atoms with van der Waals surface area (Å²) in [5.41, 5.74) is 3.76. The molecule has 6 heteroatoms. The standard InChI is InChI=1S/C16H15IN2O3/c1-21-14-6-7-15(22-2)12(9-14)10-18-19-16(20)11-4-3-5-13(17)8-11/h3-10H,1-2H3,(H,19,20)/b18-10+. The van der Waals surface area contributed by atoms with Crippen molar-refractivity contribution in [3.05, 3.63) is 57.2 Å². The molecule has 2 aromatic rings. The molecule has 0 aliphatic carbocycles. The fourth-order valence-corrected chi connectivity index (χ4v) is 2.34. The van der Waals surface area contributed by atoms with Gasteiger partial charge in [-0.1, -0.05) is 6.07 Å². The van der Waals surface area contributed by atoms with Crippen molar-refractivity contribution in [2.75, 3.05) is 14.2 Å². The van der Waals surface area contributed by atoms with Crippen molar-refractivity contribution in [3.63, 3.8) is 0 Å². The van der Waals surface area contributed by atoms with Crippen LogP contribution in [-0.2, 0) is 0 Å². The molecule has 0 unspecified atom stereocenters. The molecule has 1 amide bonds. The predicted octanol–water partition coefficient (Wildman–Crippen LogP) is 3.07. The van der Waals surface area contributed by atoms with E-state index in [4.69, 9.17) is 9.47 Å². The molecule has 0 fully saturated rings. The summed E-state index contributed by atoms with van der Waals surface area (Å²) in [6.07, 6.45) is 1.52. The Hall–Kier alpha value is -2.09. The molecule has 0 aliphatic heterocycles. The molecule has 22 heavy (non-hydrogen) atoms. The summed E-state index contributed by atoms with van der Waals surface area (Å²) in [5, 5.41) is 3.97. The highest BCUT2D eigenvalue weighted by molar-refractivity contribution is 14.1. The quantitative estimate of drug-likeness (QED) is 0.468. The van der Waals surface area contributed by atoms with E-state index in [0.29, 0.717) is 22.6 Å². The van der Waals surface area contributed by atoms with Gasteiger partial charge < -0.3 is 9.47 Å². The lowest BCUT2D eigenvalue weighted by atomic mass is 10.2. The monoisotopic (exact) mass is 410 g/mol. The first-order chi connectivity index (χ1) is 10.6. The molecule has 2 rings (SSSR count). The maximum atomic E-state index is 12.0. The topological polar surface area (TPSA) is 59.9 Å². The van der Waals surface area contributed by atoms with Crippen molar-refractivity contribution in [3.8, 4) is 11.5 Å². The van der Waals surface area contributed by atoms with Crippen LogP contribution in [0, 0.1) is 3.57 Å². The van der Waals surface area contributed by atoms with Crippen LogP contribution in [-0.4, -0.2) is 26.3 Å². The third-order valence-corrected chi connectivity index (χ3v) is 3.56. The molecular formula is C16H15IN2O3. The first-order valence-electron chi connectivity index (χ1n) is 6.45. The Kier molecular flexibility index (Phi) is 5.76. The van der Waals surface area contributed by atoms with E-state index in [-0.39, 0.29) is 5.91 Å². The molecule has 0 bridgehead atoms. The minimum absolute atomic E-state index is 0.267. The van der Waals surface area contributed by atoms with E-state index in [1.54, 1.807) is 44.6 Å². The van der Waals surface area contributed by atoms with Gasteiger partial charge in [-0.25, -0.2) is 5.43 Å². The lowest BCUT2D eigenvalue weighted by molar-refractivity contribution is 0.0955. The van der Waals surface area contributed by atoms with E-state index in [0.717, 1.165) is 3.57 Å². The van der Waals surface area contributed by atoms with Gasteiger partial charge in [-0.05, 0) is 59.0 Å². The Morgan fingerprint density at radius 3 is 2.68 bits per heavy atom. The molecule has 0 saturated heterocycles. The van der Waals surface area contributed by atoms with E-state index in [1.807, 2.05) is 12.1 Å². The maximum absolute atomic E-state index is 12.0. The second-order valence-electron chi connectivity index (χ2n) is 4.32. The summed E-state index contributed by atoms with van der Waals surface area (Å²) in [6, 6.07) is 12.6. The normalized spacial score (nSPS) is 10.5. The van der Waals surface area contributed by atoms with E-state index >= 15 is 0 Å². The Morgan fingerprint density at radius 2 is 2.00 bits per heavy atom. The number of nitrogens with one attached hydrogen (secondary N) is 1. The van der Waals surface area contributed by atoms with Gasteiger partial charge in [0, 0.05) is 14.7 Å². The number of carbonyl (C=O) groups excluding carboxylic acids is 1. The molecule has 0 aliphatic rings. The zero-order valence-corrected chi connectivity index (χ0v) is 14.3. The summed E-state index contributed by atoms with van der Waals surface area (Å²) in [4.78, 5) is 12.0. The molecule has 2 aromatic carbocycles. The number of methoxy groups -OCH3 is 2. The Morgan fingerprint density at radius 1 is 1.18 bits per heavy atom. The van der Waals surface area contributed by atoms with Gasteiger partial charge >= 0.3 is 0 Å². The largest absolute Gasteiger partial charge is 0.497 e. The second-order valence-corrected chi connectivity index (χ2v) is 5.56. The van der Waals surface area contributed by atoms with E-state index in [2.05, 4.69) is 33.1 Å². The van der Waals surface area contributed by atoms with Gasteiger partial charge in [0.2, 0.25) is 0 Å². The van der Waals surface area contributed by atoms with Gasteiger partial charge in [-0.2, -0.15) is 5.10 Å². The van der Waals surface area contributed by atoms with E-state index < -0.39 is 0 Å². The molecule has 0 saturated carbocycles. The van der Waals surface area contributed by atoms with Gasteiger partial charge in [-0.15, -0.1) is 0 Å². The zero-order chi connectivity index (χ0) is 15.9. The van der Waals surface area contributed by atoms with Gasteiger partial charge in [0.1, 0.15) is 11.5 Å². The molecular weight excluding hydrogens is 395 g/mol. The number of nitrogens with zero attached hydrogens (tertiary/aromatic N) is 1. The highest BCUT2D eigenvalue weighted by atomic mass is 127. The second kappa shape index (κ2) is 7.79. The van der Waals surface area contributed by atoms with Crippen molar-refractivity contribution in [1.29, 1.82) is 0 Å². The SMILES string of the molecule is COc1ccc(OC)c(/C=N/NC(=O)c2cccc(I)c2)c1. The summed E-state index contributed by atoms with van der Waals surface area (Å²) in [7, 11) is 3.16. The maximum Gasteiger partial charge on any atom is 0.271 e. The molecule has 0 radical (unpaired) electrons. The molecule has 5 nitrogen and oxygen atoms in total. The zero-order valence-electron chi connectivity index (χ0n) is 12.2. The summed E-state index contributed by atoms with van der Waals surface area (Å²) >= 11 is 2.15. The van der Waals surface area contributed by atoms with Crippen LogP contribution in [0.25, 0.3) is 0 Å². The first-order valence-corrected chi connectivity index (χ1v) is 7.53. The van der Waals surface area contributed by atoms with Gasteiger partial charge in [-0.3, -0.25) is 4.79 Å². The Balaban J connectivity index is 2.10. The van der Waals surface area contributed by atoms with Crippen LogP contribution in [0.4, 0.5) is 0 Å². The Bertz CT molecular complexity index is 702. The lowest BCUT2D eigenvalue weighted by Crippen LogP contribution is -2.17. The number of benzene rings is 2. The van der Waals surface area contributed by atoms with Gasteiger partial charge in [0.25, 0.3) is 5.91 Å². The third kappa shape index (κ3) is 4.20. The van der Waals surface area contributed by atoms with Crippen molar-refractivity contribution >= 4 is 34.7 Å². The average molecular weight is 410 g/mol. The number of hydrogen-bond acceptors (Lipinski definition) is 4. The van der Waals surface area contributed by atoms with Crippen LogP contribution in [0.2, 0.25) is 0 Å². The van der Waals surface area contributed by atoms with Crippen molar-refractivity contribution in [1.82, 2.24) is 5.43 Å². The van der Waals surface area contributed by atoms with Crippen LogP contribution in [0.3, 0.4) is 0 Å². The molecule has 0 heterocycles. The molecule has 1 N–H and O–H groups in total. The third-order valence-electron chi connectivity index (χ3n) is 2.89. The van der Waals surface area contributed by atoms with E-state index in [9.17, 15) is 4.79 Å². The van der Waals surface area contributed by atoms with Gasteiger partial charge in [0.15, 0.2) is 0 Å². The Labute approximate surface area is 142 Å². The number of hydrazone groups is 1. The van der Waals surface area contributed by atoms with Crippen LogP contribution in [0.15, 0.2) is 47.6 Å². The minimum atomic E-state index is -0.267. The number of amides is 1. The number of halogens is 1. The van der Waals surface area contributed by atoms with E-state index in [1.165, 1.54) is 6.21 Å². The molecule has 0 spiro atoms. The highest BCUT2D eigenvalue weighted by Crippen LogP contribution is 2.22. The van der Waals surface area contributed by atoms with Crippen molar-refractivity contribution in [2.24, 2.45) is 5.10 Å². The van der Waals surface area contributed by atoms with Crippen LogP contribution >= 0.6 is 22.6 Å². The molecule has 114 valence electrons. The molecule has 0 aromatic heterocycles. The number of ether oxygens (including phenoxy) is 2. The van der Waals surface area contributed by atoms with Crippen LogP contribution in [0.1, 0.15) is 15.9 Å². The number of hydrogen-bond donors (Lipinski definition) is 1. The average Bonchev–Trinajstić information content (AvgIpc) is 2.54. The lowest BCUT2D eigenvalue weighted by Gasteiger charge is -2.06. The van der Waals surface area contributed by atoms with Crippen molar-refractivity contribution in [2.45, 2.75) is 0 Å². The molecule has 0 atom stereocenters. The minimum Gasteiger partial charge on any atom is -0.497 e. The first kappa shape index (κ1) is 16.3. The predicted molar refractivity (Wildman–Crippen MR) is 93.8 cm³/mol. The summed E-state index contributed by atoms with van der Waals surface area (Å²) in [5.74, 6) is 1.07. The van der Waals surface area contributed by atoms with Crippen molar-refractivity contribution < 1.29 is 14.3 Å². The van der Waals surface area contributed by atoms with Gasteiger partial charge in [0.05, 0.1) is 20.4 Å². The summed E-state index contributed by atoms with van der Waals surface area (Å²) < 4.78 is 11.4. The number of rotatable bonds is 5. The number of carbonyl (C=O) groups is 1. The van der Waals surface area contributed by atoms with Crippen LogP contribution in [0.5, 0.6) is 11.5 Å². The highest BCUT2D eigenvalue weighted by Gasteiger charge is 2.05. The van der Waals surface area contributed by atoms with Crippen LogP contribution < -0.4 is 14.9 Å².